The number of fused-ring (bicyclic) bond motifs is 2. The summed E-state index contributed by atoms with van der Waals surface area (Å²) in [5, 5.41) is 0. The maximum absolute atomic E-state index is 4.57. The molecule has 2 aromatic carbocycles. The molecule has 0 bridgehead atoms. The lowest BCUT2D eigenvalue weighted by atomic mass is 10.1. The zero-order chi connectivity index (χ0) is 19.9. The standard InChI is InChI=1S/C24H31N5/c1-2-3-4-5-6-11-16-27(19-28-17-25-21-12-7-9-14-23(21)28)20-29-18-26-22-13-8-10-15-24(22)29/h7-10,12-15,17-18H,2-6,11,16,19-20H2,1H3. The van der Waals surface area contributed by atoms with E-state index in [0.29, 0.717) is 0 Å². The molecule has 5 nitrogen and oxygen atoms in total. The van der Waals surface area contributed by atoms with E-state index in [1.807, 2.05) is 24.8 Å². The molecule has 0 unspecified atom stereocenters. The molecule has 0 saturated carbocycles. The molecule has 0 amide bonds. The summed E-state index contributed by atoms with van der Waals surface area (Å²) >= 11 is 0. The molecule has 2 heterocycles. The van der Waals surface area contributed by atoms with E-state index in [1.165, 1.54) is 49.6 Å². The van der Waals surface area contributed by atoms with Gasteiger partial charge in [0.2, 0.25) is 0 Å². The van der Waals surface area contributed by atoms with Crippen molar-refractivity contribution in [3.8, 4) is 0 Å². The van der Waals surface area contributed by atoms with Gasteiger partial charge in [-0.2, -0.15) is 0 Å². The summed E-state index contributed by atoms with van der Waals surface area (Å²) in [7, 11) is 0. The Morgan fingerprint density at radius 1 is 0.690 bits per heavy atom. The Kier molecular flexibility index (Phi) is 6.57. The third-order valence-corrected chi connectivity index (χ3v) is 5.59. The highest BCUT2D eigenvalue weighted by atomic mass is 15.3. The number of benzene rings is 2. The first-order valence-corrected chi connectivity index (χ1v) is 10.9. The Balaban J connectivity index is 1.47. The summed E-state index contributed by atoms with van der Waals surface area (Å²) in [6, 6.07) is 16.7. The highest BCUT2D eigenvalue weighted by molar-refractivity contribution is 5.75. The van der Waals surface area contributed by atoms with Crippen LogP contribution in [0.5, 0.6) is 0 Å². The fourth-order valence-corrected chi connectivity index (χ4v) is 3.98. The van der Waals surface area contributed by atoms with Gasteiger partial charge >= 0.3 is 0 Å². The van der Waals surface area contributed by atoms with Gasteiger partial charge in [0.25, 0.3) is 0 Å². The zero-order valence-electron chi connectivity index (χ0n) is 17.4. The minimum Gasteiger partial charge on any atom is -0.317 e. The minimum absolute atomic E-state index is 0.835. The van der Waals surface area contributed by atoms with Crippen LogP contribution in [0.2, 0.25) is 0 Å². The van der Waals surface area contributed by atoms with Crippen LogP contribution in [0, 0.1) is 0 Å². The number of para-hydroxylation sites is 4. The second-order valence-corrected chi connectivity index (χ2v) is 7.85. The van der Waals surface area contributed by atoms with Gasteiger partial charge in [0.05, 0.1) is 48.1 Å². The Labute approximate surface area is 173 Å². The van der Waals surface area contributed by atoms with E-state index < -0.39 is 0 Å². The van der Waals surface area contributed by atoms with Crippen molar-refractivity contribution in [1.29, 1.82) is 0 Å². The number of hydrogen-bond donors (Lipinski definition) is 0. The van der Waals surface area contributed by atoms with Crippen molar-refractivity contribution in [1.82, 2.24) is 24.0 Å². The van der Waals surface area contributed by atoms with Crippen LogP contribution >= 0.6 is 0 Å². The van der Waals surface area contributed by atoms with Crippen molar-refractivity contribution in [2.45, 2.75) is 58.8 Å². The first-order chi connectivity index (χ1) is 14.3. The first-order valence-electron chi connectivity index (χ1n) is 10.9. The van der Waals surface area contributed by atoms with E-state index >= 15 is 0 Å². The van der Waals surface area contributed by atoms with E-state index in [-0.39, 0.29) is 0 Å². The lowest BCUT2D eigenvalue weighted by Crippen LogP contribution is -2.29. The molecule has 0 aliphatic rings. The van der Waals surface area contributed by atoms with Gasteiger partial charge in [0.1, 0.15) is 0 Å². The average molecular weight is 390 g/mol. The van der Waals surface area contributed by atoms with Gasteiger partial charge in [-0.15, -0.1) is 0 Å². The molecule has 0 saturated heterocycles. The van der Waals surface area contributed by atoms with E-state index in [2.05, 4.69) is 67.3 Å². The van der Waals surface area contributed by atoms with E-state index in [0.717, 1.165) is 30.9 Å². The molecule has 0 fully saturated rings. The number of nitrogens with zero attached hydrogens (tertiary/aromatic N) is 5. The quantitative estimate of drug-likeness (QED) is 0.311. The predicted octanol–water partition coefficient (Wildman–Crippen LogP) is 5.66. The molecule has 2 aromatic heterocycles. The van der Waals surface area contributed by atoms with Crippen LogP contribution in [-0.4, -0.2) is 30.5 Å². The highest BCUT2D eigenvalue weighted by Gasteiger charge is 2.11. The van der Waals surface area contributed by atoms with E-state index in [9.17, 15) is 0 Å². The van der Waals surface area contributed by atoms with Gasteiger partial charge in [-0.1, -0.05) is 63.3 Å². The highest BCUT2D eigenvalue weighted by Crippen LogP contribution is 2.16. The molecule has 4 rings (SSSR count). The van der Waals surface area contributed by atoms with Gasteiger partial charge in [-0.05, 0) is 30.7 Å². The topological polar surface area (TPSA) is 38.9 Å². The number of aromatic nitrogens is 4. The predicted molar refractivity (Wildman–Crippen MR) is 120 cm³/mol. The molecular formula is C24H31N5. The second-order valence-electron chi connectivity index (χ2n) is 7.85. The molecule has 5 heteroatoms. The normalized spacial score (nSPS) is 11.8. The van der Waals surface area contributed by atoms with Gasteiger partial charge in [-0.25, -0.2) is 9.97 Å². The maximum Gasteiger partial charge on any atom is 0.0969 e. The molecule has 0 atom stereocenters. The van der Waals surface area contributed by atoms with Crippen molar-refractivity contribution in [2.24, 2.45) is 0 Å². The Morgan fingerprint density at radius 3 is 1.79 bits per heavy atom. The monoisotopic (exact) mass is 389 g/mol. The minimum atomic E-state index is 0.835. The zero-order valence-corrected chi connectivity index (χ0v) is 17.4. The van der Waals surface area contributed by atoms with Crippen molar-refractivity contribution in [3.63, 3.8) is 0 Å². The average Bonchev–Trinajstić information content (AvgIpc) is 3.35. The summed E-state index contributed by atoms with van der Waals surface area (Å²) < 4.78 is 4.51. The van der Waals surface area contributed by atoms with Crippen LogP contribution in [0.1, 0.15) is 45.4 Å². The van der Waals surface area contributed by atoms with Crippen LogP contribution in [0.25, 0.3) is 22.1 Å². The van der Waals surface area contributed by atoms with Crippen molar-refractivity contribution < 1.29 is 0 Å². The van der Waals surface area contributed by atoms with Crippen LogP contribution in [0.3, 0.4) is 0 Å². The Bertz CT molecular complexity index is 956. The molecular weight excluding hydrogens is 358 g/mol. The van der Waals surface area contributed by atoms with Crippen molar-refractivity contribution >= 4 is 22.1 Å². The molecule has 0 aliphatic heterocycles. The maximum atomic E-state index is 4.57. The van der Waals surface area contributed by atoms with Crippen molar-refractivity contribution in [3.05, 3.63) is 61.2 Å². The lowest BCUT2D eigenvalue weighted by Gasteiger charge is -2.24. The summed E-state index contributed by atoms with van der Waals surface area (Å²) in [5.41, 5.74) is 4.49. The summed E-state index contributed by atoms with van der Waals surface area (Å²) in [6.45, 7) is 5.02. The Morgan fingerprint density at radius 2 is 1.21 bits per heavy atom. The number of hydrogen-bond acceptors (Lipinski definition) is 3. The van der Waals surface area contributed by atoms with Gasteiger partial charge in [0, 0.05) is 6.54 Å². The largest absolute Gasteiger partial charge is 0.317 e. The summed E-state index contributed by atoms with van der Waals surface area (Å²) in [5.74, 6) is 0. The fraction of sp³-hybridized carbons (Fsp3) is 0.417. The lowest BCUT2D eigenvalue weighted by molar-refractivity contribution is 0.171. The van der Waals surface area contributed by atoms with Gasteiger partial charge in [0.15, 0.2) is 0 Å². The SMILES string of the molecule is CCCCCCCCN(Cn1cnc2ccccc21)Cn1cnc2ccccc21. The van der Waals surface area contributed by atoms with E-state index in [1.54, 1.807) is 0 Å². The summed E-state index contributed by atoms with van der Waals surface area (Å²) in [6.07, 6.45) is 11.8. The molecule has 0 radical (unpaired) electrons. The third-order valence-electron chi connectivity index (χ3n) is 5.59. The first kappa shape index (κ1) is 19.6. The number of unbranched alkanes of at least 4 members (excludes halogenated alkanes) is 5. The summed E-state index contributed by atoms with van der Waals surface area (Å²) in [4.78, 5) is 11.6. The van der Waals surface area contributed by atoms with E-state index in [4.69, 9.17) is 0 Å². The number of imidazole rings is 2. The fourth-order valence-electron chi connectivity index (χ4n) is 3.98. The van der Waals surface area contributed by atoms with Crippen LogP contribution < -0.4 is 0 Å². The molecule has 29 heavy (non-hydrogen) atoms. The van der Waals surface area contributed by atoms with Crippen LogP contribution in [-0.2, 0) is 13.3 Å². The molecule has 0 N–H and O–H groups in total. The molecule has 4 aromatic rings. The molecule has 152 valence electrons. The second kappa shape index (κ2) is 9.70. The van der Waals surface area contributed by atoms with Crippen molar-refractivity contribution in [2.75, 3.05) is 6.54 Å². The van der Waals surface area contributed by atoms with Crippen LogP contribution in [0.4, 0.5) is 0 Å². The smallest absolute Gasteiger partial charge is 0.0969 e. The molecule has 0 spiro atoms. The van der Waals surface area contributed by atoms with Crippen LogP contribution in [0.15, 0.2) is 61.2 Å². The van der Waals surface area contributed by atoms with Gasteiger partial charge < -0.3 is 9.13 Å². The third kappa shape index (κ3) is 4.85. The van der Waals surface area contributed by atoms with Gasteiger partial charge in [-0.3, -0.25) is 4.90 Å². The molecule has 0 aliphatic carbocycles. The Hall–Kier alpha value is -2.66. The number of rotatable bonds is 11.